The quantitative estimate of drug-likeness (QED) is 0.140. The monoisotopic (exact) mass is 617 g/mol. The van der Waals surface area contributed by atoms with E-state index in [0.29, 0.717) is 0 Å². The highest BCUT2D eigenvalue weighted by Crippen LogP contribution is 2.36. The summed E-state index contributed by atoms with van der Waals surface area (Å²) in [7, 11) is -2.60. The van der Waals surface area contributed by atoms with E-state index in [1.165, 1.54) is 37.0 Å². The lowest BCUT2D eigenvalue weighted by atomic mass is 10.1. The molecule has 0 aliphatic carbocycles. The zero-order valence-corrected chi connectivity index (χ0v) is 26.7. The van der Waals surface area contributed by atoms with Crippen LogP contribution in [-0.4, -0.2) is 22.4 Å². The number of rotatable bonds is 6. The highest BCUT2D eigenvalue weighted by Gasteiger charge is 2.41. The standard InChI is InChI=1S/C43H31N3Si/c1-5-15-33(16-6-1)45-31-32-25-30-41-42(43(32)44-45)39-23-13-14-24-40(39)46(41)34-26-28-38(29-27-34)47(35-17-7-2-8-18-35,36-19-9-3-10-20-36)37-21-11-4-12-22-37/h1-31H. The lowest BCUT2D eigenvalue weighted by molar-refractivity contribution is 0.898. The van der Waals surface area contributed by atoms with Gasteiger partial charge < -0.3 is 4.57 Å². The Morgan fingerprint density at radius 2 is 0.915 bits per heavy atom. The Morgan fingerprint density at radius 3 is 1.51 bits per heavy atom. The molecule has 0 saturated carbocycles. The van der Waals surface area contributed by atoms with Crippen molar-refractivity contribution >= 4 is 61.5 Å². The van der Waals surface area contributed by atoms with Crippen LogP contribution >= 0.6 is 0 Å². The van der Waals surface area contributed by atoms with Crippen LogP contribution in [0.15, 0.2) is 188 Å². The summed E-state index contributed by atoms with van der Waals surface area (Å²) in [4.78, 5) is 0. The minimum atomic E-state index is -2.60. The molecule has 0 spiro atoms. The van der Waals surface area contributed by atoms with E-state index in [1.807, 2.05) is 10.7 Å². The summed E-state index contributed by atoms with van der Waals surface area (Å²) in [5.41, 5.74) is 5.54. The first-order valence-electron chi connectivity index (χ1n) is 16.1. The maximum atomic E-state index is 5.12. The number of nitrogens with zero attached hydrogens (tertiary/aromatic N) is 3. The molecular formula is C43H31N3Si. The van der Waals surface area contributed by atoms with Gasteiger partial charge in [0, 0.05) is 28.0 Å². The molecule has 7 aromatic carbocycles. The van der Waals surface area contributed by atoms with E-state index in [-0.39, 0.29) is 0 Å². The van der Waals surface area contributed by atoms with Crippen molar-refractivity contribution in [2.24, 2.45) is 0 Å². The van der Waals surface area contributed by atoms with Crippen LogP contribution in [0, 0.1) is 0 Å². The molecule has 0 radical (unpaired) electrons. The summed E-state index contributed by atoms with van der Waals surface area (Å²) >= 11 is 0. The predicted octanol–water partition coefficient (Wildman–Crippen LogP) is 7.50. The van der Waals surface area contributed by atoms with E-state index in [2.05, 4.69) is 187 Å². The predicted molar refractivity (Wildman–Crippen MR) is 199 cm³/mol. The van der Waals surface area contributed by atoms with Crippen molar-refractivity contribution in [3.8, 4) is 11.4 Å². The number of fused-ring (bicyclic) bond motifs is 5. The van der Waals surface area contributed by atoms with Crippen molar-refractivity contribution in [2.45, 2.75) is 0 Å². The first-order chi connectivity index (χ1) is 23.3. The summed E-state index contributed by atoms with van der Waals surface area (Å²) in [6.45, 7) is 0. The third kappa shape index (κ3) is 4.30. The number of benzene rings is 7. The normalized spacial score (nSPS) is 11.8. The van der Waals surface area contributed by atoms with Crippen LogP contribution in [-0.2, 0) is 0 Å². The van der Waals surface area contributed by atoms with E-state index in [9.17, 15) is 0 Å². The largest absolute Gasteiger partial charge is 0.309 e. The van der Waals surface area contributed by atoms with Gasteiger partial charge in [-0.15, -0.1) is 0 Å². The van der Waals surface area contributed by atoms with Crippen molar-refractivity contribution in [3.63, 3.8) is 0 Å². The van der Waals surface area contributed by atoms with Crippen LogP contribution in [0.5, 0.6) is 0 Å². The molecule has 0 atom stereocenters. The second-order valence-corrected chi connectivity index (χ2v) is 15.9. The number of hydrogen-bond acceptors (Lipinski definition) is 1. The molecule has 47 heavy (non-hydrogen) atoms. The lowest BCUT2D eigenvalue weighted by Gasteiger charge is -2.34. The first-order valence-corrected chi connectivity index (χ1v) is 18.1. The van der Waals surface area contributed by atoms with Crippen molar-refractivity contribution < 1.29 is 0 Å². The molecule has 0 saturated heterocycles. The topological polar surface area (TPSA) is 22.8 Å². The number of aromatic nitrogens is 3. The average Bonchev–Trinajstić information content (AvgIpc) is 3.74. The summed E-state index contributed by atoms with van der Waals surface area (Å²) in [5.74, 6) is 0. The van der Waals surface area contributed by atoms with Gasteiger partial charge in [-0.25, -0.2) is 4.68 Å². The molecule has 0 unspecified atom stereocenters. The van der Waals surface area contributed by atoms with Gasteiger partial charge in [-0.3, -0.25) is 0 Å². The van der Waals surface area contributed by atoms with Gasteiger partial charge in [0.05, 0.1) is 16.7 Å². The van der Waals surface area contributed by atoms with Crippen LogP contribution < -0.4 is 20.7 Å². The Hall–Kier alpha value is -5.97. The molecular weight excluding hydrogens is 587 g/mol. The second kappa shape index (κ2) is 11.1. The van der Waals surface area contributed by atoms with Crippen LogP contribution in [0.3, 0.4) is 0 Å². The summed E-state index contributed by atoms with van der Waals surface area (Å²) in [6.07, 6.45) is 2.13. The second-order valence-electron chi connectivity index (χ2n) is 12.1. The van der Waals surface area contributed by atoms with E-state index < -0.39 is 8.07 Å². The SMILES string of the molecule is c1ccc(-n2cc3ccc4c(c5ccccc5n4-c4ccc([Si](c5ccccc5)(c5ccccc5)c5ccccc5)cc4)c3n2)cc1. The molecule has 4 heteroatoms. The Bertz CT molecular complexity index is 2390. The van der Waals surface area contributed by atoms with Gasteiger partial charge >= 0.3 is 0 Å². The van der Waals surface area contributed by atoms with Crippen LogP contribution in [0.4, 0.5) is 0 Å². The highest BCUT2D eigenvalue weighted by molar-refractivity contribution is 7.19. The zero-order valence-electron chi connectivity index (χ0n) is 25.7. The van der Waals surface area contributed by atoms with Crippen LogP contribution in [0.25, 0.3) is 44.1 Å². The van der Waals surface area contributed by atoms with Crippen LogP contribution in [0.2, 0.25) is 0 Å². The Balaban J connectivity index is 1.27. The molecule has 9 rings (SSSR count). The van der Waals surface area contributed by atoms with Crippen molar-refractivity contribution in [1.29, 1.82) is 0 Å². The summed E-state index contributed by atoms with van der Waals surface area (Å²) in [5, 5.41) is 14.1. The third-order valence-corrected chi connectivity index (χ3v) is 14.3. The molecule has 2 heterocycles. The average molecular weight is 618 g/mol. The van der Waals surface area contributed by atoms with Crippen molar-refractivity contribution in [1.82, 2.24) is 14.3 Å². The van der Waals surface area contributed by atoms with Crippen molar-refractivity contribution in [2.75, 3.05) is 0 Å². The zero-order chi connectivity index (χ0) is 31.2. The Labute approximate surface area is 274 Å². The van der Waals surface area contributed by atoms with E-state index >= 15 is 0 Å². The molecule has 222 valence electrons. The van der Waals surface area contributed by atoms with Gasteiger partial charge in [-0.05, 0) is 63.2 Å². The molecule has 3 nitrogen and oxygen atoms in total. The molecule has 9 aromatic rings. The molecule has 0 aliphatic heterocycles. The maximum Gasteiger partial charge on any atom is 0.179 e. The van der Waals surface area contributed by atoms with Crippen LogP contribution in [0.1, 0.15) is 0 Å². The minimum absolute atomic E-state index is 1.02. The smallest absolute Gasteiger partial charge is 0.179 e. The van der Waals surface area contributed by atoms with Gasteiger partial charge in [-0.1, -0.05) is 140 Å². The number of hydrogen-bond donors (Lipinski definition) is 0. The Kier molecular flexibility index (Phi) is 6.47. The van der Waals surface area contributed by atoms with Crippen molar-refractivity contribution in [3.05, 3.63) is 188 Å². The lowest BCUT2D eigenvalue weighted by Crippen LogP contribution is -2.74. The number of para-hydroxylation sites is 2. The molecule has 0 bridgehead atoms. The van der Waals surface area contributed by atoms with E-state index in [1.54, 1.807) is 0 Å². The fraction of sp³-hybridized carbons (Fsp3) is 0. The highest BCUT2D eigenvalue weighted by atomic mass is 28.3. The summed E-state index contributed by atoms with van der Waals surface area (Å²) < 4.78 is 4.39. The van der Waals surface area contributed by atoms with Gasteiger partial charge in [0.25, 0.3) is 0 Å². The first kappa shape index (κ1) is 27.3. The molecule has 0 aliphatic rings. The molecule has 0 amide bonds. The van der Waals surface area contributed by atoms with Gasteiger partial charge in [0.15, 0.2) is 8.07 Å². The fourth-order valence-corrected chi connectivity index (χ4v) is 12.2. The van der Waals surface area contributed by atoms with E-state index in [0.717, 1.165) is 27.8 Å². The minimum Gasteiger partial charge on any atom is -0.309 e. The third-order valence-electron chi connectivity index (χ3n) is 9.51. The molecule has 0 fully saturated rings. The Morgan fingerprint density at radius 1 is 0.404 bits per heavy atom. The van der Waals surface area contributed by atoms with E-state index in [4.69, 9.17) is 5.10 Å². The van der Waals surface area contributed by atoms with Gasteiger partial charge in [0.2, 0.25) is 0 Å². The molecule has 2 aromatic heterocycles. The fourth-order valence-electron chi connectivity index (χ4n) is 7.45. The summed E-state index contributed by atoms with van der Waals surface area (Å²) in [6, 6.07) is 66.1. The maximum absolute atomic E-state index is 5.12. The van der Waals surface area contributed by atoms with Gasteiger partial charge in [0.1, 0.15) is 5.52 Å². The van der Waals surface area contributed by atoms with Gasteiger partial charge in [-0.2, -0.15) is 5.10 Å². The molecule has 0 N–H and O–H groups in total.